The van der Waals surface area contributed by atoms with E-state index in [0.717, 1.165) is 6.07 Å². The third-order valence-electron chi connectivity index (χ3n) is 4.32. The summed E-state index contributed by atoms with van der Waals surface area (Å²) in [5.74, 6) is -0.187. The van der Waals surface area contributed by atoms with Gasteiger partial charge in [0.05, 0.1) is 18.2 Å². The number of benzene rings is 2. The molecule has 2 rings (SSSR count). The quantitative estimate of drug-likeness (QED) is 0.459. The molecule has 4 nitrogen and oxygen atoms in total. The minimum absolute atomic E-state index is 0.160. The SMILES string of the molecule is CCC(=O)Oc1cccc(OC)c1COc1cc(C)c(CC)cc1C(F)(F)F. The zero-order valence-electron chi connectivity index (χ0n) is 16.3. The zero-order chi connectivity index (χ0) is 20.9. The molecule has 2 aromatic rings. The van der Waals surface area contributed by atoms with Crippen molar-refractivity contribution in [1.82, 2.24) is 0 Å². The van der Waals surface area contributed by atoms with Crippen molar-refractivity contribution in [3.05, 3.63) is 52.6 Å². The summed E-state index contributed by atoms with van der Waals surface area (Å²) in [6.07, 6.45) is -3.91. The number of carbonyl (C=O) groups is 1. The van der Waals surface area contributed by atoms with Crippen LogP contribution >= 0.6 is 0 Å². The summed E-state index contributed by atoms with van der Waals surface area (Å²) in [5, 5.41) is 0. The van der Waals surface area contributed by atoms with Crippen molar-refractivity contribution in [2.45, 2.75) is 46.4 Å². The summed E-state index contributed by atoms with van der Waals surface area (Å²) >= 11 is 0. The fraction of sp³-hybridized carbons (Fsp3) is 0.381. The monoisotopic (exact) mass is 396 g/mol. The molecule has 0 aliphatic carbocycles. The number of carbonyl (C=O) groups excluding carboxylic acids is 1. The van der Waals surface area contributed by atoms with Gasteiger partial charge in [-0.1, -0.05) is 19.9 Å². The lowest BCUT2D eigenvalue weighted by Gasteiger charge is -2.19. The lowest BCUT2D eigenvalue weighted by atomic mass is 10.0. The molecule has 0 unspecified atom stereocenters. The van der Waals surface area contributed by atoms with Gasteiger partial charge in [-0.2, -0.15) is 13.2 Å². The predicted molar refractivity (Wildman–Crippen MR) is 98.8 cm³/mol. The number of hydrogen-bond acceptors (Lipinski definition) is 4. The Morgan fingerprint density at radius 2 is 1.75 bits per heavy atom. The Labute approximate surface area is 162 Å². The molecule has 0 spiro atoms. The highest BCUT2D eigenvalue weighted by Crippen LogP contribution is 2.39. The molecular formula is C21H23F3O4. The van der Waals surface area contributed by atoms with Crippen molar-refractivity contribution < 1.29 is 32.2 Å². The molecule has 28 heavy (non-hydrogen) atoms. The second-order valence-electron chi connectivity index (χ2n) is 6.18. The van der Waals surface area contributed by atoms with Crippen molar-refractivity contribution in [2.24, 2.45) is 0 Å². The standard InChI is InChI=1S/C21H23F3O4/c1-5-14-11-16(21(22,23)24)19(10-13(14)3)27-12-15-17(26-4)8-7-9-18(15)28-20(25)6-2/h7-11H,5-6,12H2,1-4H3. The lowest BCUT2D eigenvalue weighted by molar-refractivity contribution is -0.139. The van der Waals surface area contributed by atoms with Crippen molar-refractivity contribution in [3.63, 3.8) is 0 Å². The molecule has 0 bridgehead atoms. The smallest absolute Gasteiger partial charge is 0.419 e. The minimum atomic E-state index is -4.55. The topological polar surface area (TPSA) is 44.8 Å². The summed E-state index contributed by atoms with van der Waals surface area (Å²) in [6.45, 7) is 4.94. The van der Waals surface area contributed by atoms with E-state index in [1.54, 1.807) is 39.0 Å². The number of ether oxygens (including phenoxy) is 3. The van der Waals surface area contributed by atoms with Crippen LogP contribution in [-0.4, -0.2) is 13.1 Å². The summed E-state index contributed by atoms with van der Waals surface area (Å²) < 4.78 is 56.5. The average Bonchev–Trinajstić information content (AvgIpc) is 2.65. The van der Waals surface area contributed by atoms with Crippen LogP contribution in [0.15, 0.2) is 30.3 Å². The molecule has 0 saturated heterocycles. The number of esters is 1. The van der Waals surface area contributed by atoms with Crippen molar-refractivity contribution >= 4 is 5.97 Å². The Bertz CT molecular complexity index is 844. The highest BCUT2D eigenvalue weighted by atomic mass is 19.4. The second-order valence-corrected chi connectivity index (χ2v) is 6.18. The van der Waals surface area contributed by atoms with Gasteiger partial charge in [0, 0.05) is 6.42 Å². The molecule has 0 radical (unpaired) electrons. The third kappa shape index (κ3) is 4.97. The first kappa shape index (κ1) is 21.6. The first-order chi connectivity index (χ1) is 13.2. The Hall–Kier alpha value is -2.70. The molecular weight excluding hydrogens is 373 g/mol. The van der Waals surface area contributed by atoms with E-state index in [2.05, 4.69) is 0 Å². The summed E-state index contributed by atoms with van der Waals surface area (Å²) in [6, 6.07) is 7.30. The second kappa shape index (κ2) is 8.99. The van der Waals surface area contributed by atoms with Gasteiger partial charge >= 0.3 is 12.1 Å². The molecule has 7 heteroatoms. The van der Waals surface area contributed by atoms with Crippen LogP contribution in [0.3, 0.4) is 0 Å². The Balaban J connectivity index is 2.41. The zero-order valence-corrected chi connectivity index (χ0v) is 16.3. The molecule has 0 N–H and O–H groups in total. The Kier molecular flexibility index (Phi) is 6.94. The van der Waals surface area contributed by atoms with E-state index in [1.807, 2.05) is 0 Å². The van der Waals surface area contributed by atoms with Gasteiger partial charge in [-0.3, -0.25) is 4.79 Å². The van der Waals surface area contributed by atoms with Gasteiger partial charge in [0.2, 0.25) is 0 Å². The van der Waals surface area contributed by atoms with Gasteiger partial charge in [-0.05, 0) is 48.7 Å². The van der Waals surface area contributed by atoms with Gasteiger partial charge in [0.25, 0.3) is 0 Å². The van der Waals surface area contributed by atoms with E-state index >= 15 is 0 Å². The molecule has 2 aromatic carbocycles. The van der Waals surface area contributed by atoms with E-state index in [0.29, 0.717) is 28.9 Å². The molecule has 0 heterocycles. The number of methoxy groups -OCH3 is 1. The van der Waals surface area contributed by atoms with Crippen LogP contribution in [0, 0.1) is 6.92 Å². The molecule has 0 atom stereocenters. The number of aryl methyl sites for hydroxylation is 2. The molecule has 0 amide bonds. The maximum atomic E-state index is 13.5. The number of rotatable bonds is 7. The van der Waals surface area contributed by atoms with E-state index in [-0.39, 0.29) is 24.5 Å². The van der Waals surface area contributed by atoms with E-state index in [4.69, 9.17) is 14.2 Å². The van der Waals surface area contributed by atoms with E-state index in [9.17, 15) is 18.0 Å². The van der Waals surface area contributed by atoms with Gasteiger partial charge < -0.3 is 14.2 Å². The van der Waals surface area contributed by atoms with Crippen molar-refractivity contribution in [1.29, 1.82) is 0 Å². The fourth-order valence-corrected chi connectivity index (χ4v) is 2.77. The van der Waals surface area contributed by atoms with Crippen LogP contribution < -0.4 is 14.2 Å². The van der Waals surface area contributed by atoms with Crippen LogP contribution in [0.2, 0.25) is 0 Å². The molecule has 0 fully saturated rings. The molecule has 0 aliphatic heterocycles. The first-order valence-electron chi connectivity index (χ1n) is 8.91. The van der Waals surface area contributed by atoms with E-state index in [1.165, 1.54) is 13.2 Å². The third-order valence-corrected chi connectivity index (χ3v) is 4.32. The van der Waals surface area contributed by atoms with Gasteiger partial charge in [0.1, 0.15) is 23.9 Å². The maximum absolute atomic E-state index is 13.5. The maximum Gasteiger partial charge on any atom is 0.419 e. The van der Waals surface area contributed by atoms with Crippen molar-refractivity contribution in [2.75, 3.05) is 7.11 Å². The normalized spacial score (nSPS) is 11.2. The number of alkyl halides is 3. The average molecular weight is 396 g/mol. The van der Waals surface area contributed by atoms with Crippen molar-refractivity contribution in [3.8, 4) is 17.2 Å². The van der Waals surface area contributed by atoms with Crippen LogP contribution in [0.5, 0.6) is 17.2 Å². The summed E-state index contributed by atoms with van der Waals surface area (Å²) in [7, 11) is 1.42. The molecule has 0 aliphatic rings. The van der Waals surface area contributed by atoms with Crippen LogP contribution in [0.1, 0.15) is 42.5 Å². The summed E-state index contributed by atoms with van der Waals surface area (Å²) in [4.78, 5) is 11.7. The highest BCUT2D eigenvalue weighted by Gasteiger charge is 2.35. The number of halogens is 3. The van der Waals surface area contributed by atoms with E-state index < -0.39 is 17.7 Å². The van der Waals surface area contributed by atoms with Crippen LogP contribution in [-0.2, 0) is 24.0 Å². The first-order valence-corrected chi connectivity index (χ1v) is 8.91. The Morgan fingerprint density at radius 1 is 1.07 bits per heavy atom. The molecule has 0 saturated carbocycles. The lowest BCUT2D eigenvalue weighted by Crippen LogP contribution is -2.12. The van der Waals surface area contributed by atoms with Crippen LogP contribution in [0.25, 0.3) is 0 Å². The van der Waals surface area contributed by atoms with Gasteiger partial charge in [-0.25, -0.2) is 0 Å². The Morgan fingerprint density at radius 3 is 2.32 bits per heavy atom. The van der Waals surface area contributed by atoms with Crippen LogP contribution in [0.4, 0.5) is 13.2 Å². The fourth-order valence-electron chi connectivity index (χ4n) is 2.77. The predicted octanol–water partition coefficient (Wildman–Crippen LogP) is 5.48. The largest absolute Gasteiger partial charge is 0.496 e. The molecule has 0 aromatic heterocycles. The summed E-state index contributed by atoms with van der Waals surface area (Å²) in [5.41, 5.74) is 0.840. The molecule has 152 valence electrons. The number of hydrogen-bond donors (Lipinski definition) is 0. The highest BCUT2D eigenvalue weighted by molar-refractivity contribution is 5.72. The van der Waals surface area contributed by atoms with Gasteiger partial charge in [0.15, 0.2) is 0 Å². The van der Waals surface area contributed by atoms with Gasteiger partial charge in [-0.15, -0.1) is 0 Å². The minimum Gasteiger partial charge on any atom is -0.496 e.